The van der Waals surface area contributed by atoms with Gasteiger partial charge in [-0.2, -0.15) is 0 Å². The van der Waals surface area contributed by atoms with E-state index in [9.17, 15) is 14.7 Å². The van der Waals surface area contributed by atoms with Crippen molar-refractivity contribution in [3.8, 4) is 5.69 Å². The van der Waals surface area contributed by atoms with Gasteiger partial charge in [0.25, 0.3) is 0 Å². The molecule has 0 radical (unpaired) electrons. The minimum Gasteiger partial charge on any atom is -0.541 e. The zero-order chi connectivity index (χ0) is 15.7. The molecule has 2 aromatic carbocycles. The van der Waals surface area contributed by atoms with Crippen molar-refractivity contribution in [1.29, 1.82) is 0 Å². The van der Waals surface area contributed by atoms with E-state index in [1.165, 1.54) is 0 Å². The van der Waals surface area contributed by atoms with Crippen molar-refractivity contribution < 1.29 is 14.7 Å². The van der Waals surface area contributed by atoms with E-state index in [4.69, 9.17) is 0 Å². The highest BCUT2D eigenvalue weighted by atomic mass is 16.4. The second-order valence-electron chi connectivity index (χ2n) is 4.98. The van der Waals surface area contributed by atoms with Crippen molar-refractivity contribution in [3.05, 3.63) is 65.9 Å². The molecule has 1 heterocycles. The molecule has 0 bridgehead atoms. The summed E-state index contributed by atoms with van der Waals surface area (Å²) < 4.78 is 1.94. The van der Waals surface area contributed by atoms with Crippen LogP contribution >= 0.6 is 0 Å². The van der Waals surface area contributed by atoms with Crippen LogP contribution in [-0.2, 0) is 11.2 Å². The largest absolute Gasteiger partial charge is 0.541 e. The molecular weight excluding hydrogens is 278 g/mol. The number of carbonyl (C=O) groups excluding carboxylic acids is 2. The van der Waals surface area contributed by atoms with Crippen molar-refractivity contribution in [2.75, 3.05) is 0 Å². The van der Waals surface area contributed by atoms with Crippen molar-refractivity contribution in [1.82, 2.24) is 4.57 Å². The van der Waals surface area contributed by atoms with Crippen LogP contribution in [0.1, 0.15) is 23.0 Å². The number of aliphatic carboxylic acids is 1. The number of fused-ring (bicyclic) bond motifs is 1. The molecule has 0 atom stereocenters. The van der Waals surface area contributed by atoms with Crippen LogP contribution in [0.5, 0.6) is 0 Å². The molecule has 0 spiro atoms. The van der Waals surface area contributed by atoms with Gasteiger partial charge in [-0.25, -0.2) is 0 Å². The molecule has 0 aliphatic rings. The number of carboxylic acids is 1. The van der Waals surface area contributed by atoms with Crippen molar-refractivity contribution >= 4 is 22.7 Å². The standard InChI is InChI=1S/C18H15NO3/c1-2-14-16(17(20)18(21)22)13-10-6-7-11-15(13)19(14)12-8-4-3-5-9-12/h3-11H,2H2,1H3,(H,21,22)/p-1. The fourth-order valence-electron chi connectivity index (χ4n) is 2.85. The van der Waals surface area contributed by atoms with E-state index in [2.05, 4.69) is 0 Å². The number of hydrogen-bond acceptors (Lipinski definition) is 3. The average molecular weight is 292 g/mol. The highest BCUT2D eigenvalue weighted by molar-refractivity contribution is 6.42. The van der Waals surface area contributed by atoms with Gasteiger partial charge in [0.15, 0.2) is 0 Å². The van der Waals surface area contributed by atoms with Gasteiger partial charge in [-0.05, 0) is 24.6 Å². The number of benzene rings is 2. The van der Waals surface area contributed by atoms with Crippen molar-refractivity contribution in [3.63, 3.8) is 0 Å². The lowest BCUT2D eigenvalue weighted by molar-refractivity contribution is -0.296. The molecule has 0 aliphatic heterocycles. The minimum atomic E-state index is -1.68. The SMILES string of the molecule is CCc1c(C(=O)C(=O)[O-])c2ccccc2n1-c1ccccc1. The van der Waals surface area contributed by atoms with E-state index in [0.717, 1.165) is 11.2 Å². The third-order valence-corrected chi connectivity index (χ3v) is 3.73. The topological polar surface area (TPSA) is 62.1 Å². The van der Waals surface area contributed by atoms with Crippen LogP contribution in [0.15, 0.2) is 54.6 Å². The quantitative estimate of drug-likeness (QED) is 0.546. The molecule has 0 saturated heterocycles. The predicted molar refractivity (Wildman–Crippen MR) is 82.0 cm³/mol. The Morgan fingerprint density at radius 2 is 1.64 bits per heavy atom. The number of aromatic nitrogens is 1. The lowest BCUT2D eigenvalue weighted by atomic mass is 10.1. The molecule has 22 heavy (non-hydrogen) atoms. The summed E-state index contributed by atoms with van der Waals surface area (Å²) >= 11 is 0. The maximum Gasteiger partial charge on any atom is 0.210 e. The molecule has 0 fully saturated rings. The molecule has 4 nitrogen and oxygen atoms in total. The Bertz CT molecular complexity index is 863. The van der Waals surface area contributed by atoms with Gasteiger partial charge in [-0.1, -0.05) is 43.3 Å². The summed E-state index contributed by atoms with van der Waals surface area (Å²) in [7, 11) is 0. The Kier molecular flexibility index (Phi) is 3.51. The molecule has 0 N–H and O–H groups in total. The fraction of sp³-hybridized carbons (Fsp3) is 0.111. The molecule has 0 aliphatic carbocycles. The second kappa shape index (κ2) is 5.48. The first-order valence-corrected chi connectivity index (χ1v) is 7.08. The highest BCUT2D eigenvalue weighted by Crippen LogP contribution is 2.30. The van der Waals surface area contributed by atoms with Crippen molar-refractivity contribution in [2.24, 2.45) is 0 Å². The lowest BCUT2D eigenvalue weighted by Gasteiger charge is -2.10. The summed E-state index contributed by atoms with van der Waals surface area (Å²) in [5, 5.41) is 11.7. The smallest absolute Gasteiger partial charge is 0.210 e. The molecule has 3 aromatic rings. The Balaban J connectivity index is 2.42. The van der Waals surface area contributed by atoms with Gasteiger partial charge in [0.1, 0.15) is 5.97 Å². The normalized spacial score (nSPS) is 10.8. The Morgan fingerprint density at radius 3 is 2.27 bits per heavy atom. The molecule has 110 valence electrons. The van der Waals surface area contributed by atoms with Gasteiger partial charge in [0.05, 0.1) is 11.1 Å². The molecule has 0 amide bonds. The van der Waals surface area contributed by atoms with Gasteiger partial charge < -0.3 is 14.5 Å². The van der Waals surface area contributed by atoms with E-state index in [1.54, 1.807) is 12.1 Å². The first kappa shape index (κ1) is 14.1. The molecule has 1 aromatic heterocycles. The summed E-state index contributed by atoms with van der Waals surface area (Å²) in [6, 6.07) is 16.9. The maximum atomic E-state index is 12.1. The number of carboxylic acid groups (broad SMARTS) is 1. The summed E-state index contributed by atoms with van der Waals surface area (Å²) in [6.07, 6.45) is 0.540. The van der Waals surface area contributed by atoms with Gasteiger partial charge >= 0.3 is 0 Å². The summed E-state index contributed by atoms with van der Waals surface area (Å²) in [6.45, 7) is 1.90. The number of hydrogen-bond donors (Lipinski definition) is 0. The predicted octanol–water partition coefficient (Wildman–Crippen LogP) is 2.13. The highest BCUT2D eigenvalue weighted by Gasteiger charge is 2.22. The van der Waals surface area contributed by atoms with Crippen LogP contribution in [0.3, 0.4) is 0 Å². The van der Waals surface area contributed by atoms with Crippen LogP contribution in [-0.4, -0.2) is 16.3 Å². The first-order valence-electron chi connectivity index (χ1n) is 7.08. The minimum absolute atomic E-state index is 0.224. The number of ketones is 1. The lowest BCUT2D eigenvalue weighted by Crippen LogP contribution is -2.32. The second-order valence-corrected chi connectivity index (χ2v) is 4.98. The van der Waals surface area contributed by atoms with E-state index in [-0.39, 0.29) is 5.56 Å². The maximum absolute atomic E-state index is 12.1. The first-order chi connectivity index (χ1) is 10.6. The fourth-order valence-corrected chi connectivity index (χ4v) is 2.85. The van der Waals surface area contributed by atoms with Crippen LogP contribution in [0, 0.1) is 0 Å². The number of carbonyl (C=O) groups is 2. The summed E-state index contributed by atoms with van der Waals surface area (Å²) in [4.78, 5) is 23.2. The van der Waals surface area contributed by atoms with Gasteiger partial charge in [-0.3, -0.25) is 4.79 Å². The molecule has 0 saturated carbocycles. The molecular formula is C18H14NO3-. The molecule has 0 unspecified atom stereocenters. The number of nitrogens with zero attached hydrogens (tertiary/aromatic N) is 1. The summed E-state index contributed by atoms with van der Waals surface area (Å²) in [5.74, 6) is -2.65. The van der Waals surface area contributed by atoms with E-state index in [1.807, 2.05) is 54.0 Å². The van der Waals surface area contributed by atoms with Crippen molar-refractivity contribution in [2.45, 2.75) is 13.3 Å². The Hall–Kier alpha value is -2.88. The zero-order valence-electron chi connectivity index (χ0n) is 12.1. The third-order valence-electron chi connectivity index (χ3n) is 3.73. The third kappa shape index (κ3) is 2.09. The molecule has 4 heteroatoms. The van der Waals surface area contributed by atoms with Crippen LogP contribution in [0.4, 0.5) is 0 Å². The number of Topliss-reactive ketones (excluding diaryl/α,β-unsaturated/α-hetero) is 1. The van der Waals surface area contributed by atoms with Crippen LogP contribution < -0.4 is 5.11 Å². The number of para-hydroxylation sites is 2. The van der Waals surface area contributed by atoms with Crippen LogP contribution in [0.25, 0.3) is 16.6 Å². The molecule has 3 rings (SSSR count). The van der Waals surface area contributed by atoms with E-state index < -0.39 is 11.8 Å². The van der Waals surface area contributed by atoms with E-state index in [0.29, 0.717) is 17.5 Å². The summed E-state index contributed by atoms with van der Waals surface area (Å²) in [5.41, 5.74) is 2.62. The average Bonchev–Trinajstić information content (AvgIpc) is 2.88. The van der Waals surface area contributed by atoms with Gasteiger partial charge in [0, 0.05) is 16.8 Å². The van der Waals surface area contributed by atoms with Crippen LogP contribution in [0.2, 0.25) is 0 Å². The Morgan fingerprint density at radius 1 is 1.00 bits per heavy atom. The Labute approximate surface area is 127 Å². The van der Waals surface area contributed by atoms with Gasteiger partial charge in [-0.15, -0.1) is 0 Å². The van der Waals surface area contributed by atoms with Gasteiger partial charge in [0.2, 0.25) is 5.78 Å². The van der Waals surface area contributed by atoms with E-state index >= 15 is 0 Å². The number of rotatable bonds is 4. The monoisotopic (exact) mass is 292 g/mol. The zero-order valence-corrected chi connectivity index (χ0v) is 12.1.